The number of amides is 1. The minimum Gasteiger partial charge on any atom is -0.472 e. The number of nitrogens with one attached hydrogen (secondary N) is 3. The number of halogens is 1. The predicted octanol–water partition coefficient (Wildman–Crippen LogP) is 8.89. The normalized spacial score (nSPS) is 23.1. The molecule has 5 aliphatic rings. The topological polar surface area (TPSA) is 201 Å². The minimum absolute atomic E-state index is 0.0501. The molecule has 1 saturated carbocycles. The molecule has 3 aliphatic heterocycles. The number of allylic oxidation sites excluding steroid dienone is 1. The van der Waals surface area contributed by atoms with Gasteiger partial charge in [0.1, 0.15) is 23.1 Å². The average molecular weight is 993 g/mol. The second-order valence-electron chi connectivity index (χ2n) is 21.0. The number of carbonyl (C=O) groups excluding carboxylic acids is 1. The van der Waals surface area contributed by atoms with E-state index in [0.29, 0.717) is 62.0 Å². The van der Waals surface area contributed by atoms with Crippen molar-refractivity contribution >= 4 is 72.6 Å². The second-order valence-corrected chi connectivity index (χ2v) is 23.1. The highest BCUT2D eigenvalue weighted by Gasteiger charge is 2.45. The summed E-state index contributed by atoms with van der Waals surface area (Å²) in [5, 5.41) is 17.0. The molecule has 10 rings (SSSR count). The van der Waals surface area contributed by atoms with E-state index in [-0.39, 0.29) is 34.6 Å². The number of fused-ring (bicyclic) bond motifs is 3. The first-order valence-electron chi connectivity index (χ1n) is 24.4. The van der Waals surface area contributed by atoms with E-state index in [2.05, 4.69) is 50.8 Å². The number of nitrogens with two attached hydrogens (primary N) is 1. The maximum atomic E-state index is 14.7. The number of benzene rings is 3. The van der Waals surface area contributed by atoms with Gasteiger partial charge in [-0.15, -0.1) is 0 Å². The van der Waals surface area contributed by atoms with Gasteiger partial charge in [-0.2, -0.15) is 4.98 Å². The number of piperazine rings is 1. The first kappa shape index (κ1) is 47.9. The summed E-state index contributed by atoms with van der Waals surface area (Å²) in [4.78, 5) is 41.0. The standard InChI is InChI=1S/C52H62ClN9O7S/c1-51(2)16-12-36(42(28-51)34-4-6-38(53)7-5-34)31-59-18-20-60(21-19-59)39-8-10-41(49(63)58-70(66,67)40-9-11-43(45(26-40)62(64)65)56-30-33-14-22-68-23-15-33)44(25-39)61-32-37-27-52(3,54)29-47(37)69-50-46(61)24-35-13-17-55-48(35)57-50/h4-11,13,17,24-26,33,37,47,56H,12,14-16,18-23,27-32,54H2,1-3H3,(H,55,57)(H,58,63)/t37-,47-,52-/m0/s1. The summed E-state index contributed by atoms with van der Waals surface area (Å²) >= 11 is 6.30. The van der Waals surface area contributed by atoms with E-state index in [1.807, 2.05) is 54.4 Å². The highest BCUT2D eigenvalue weighted by atomic mass is 35.5. The van der Waals surface area contributed by atoms with Crippen LogP contribution in [0.4, 0.5) is 28.4 Å². The highest BCUT2D eigenvalue weighted by Crippen LogP contribution is 2.47. The van der Waals surface area contributed by atoms with E-state index in [4.69, 9.17) is 31.8 Å². The number of aromatic nitrogens is 2. The van der Waals surface area contributed by atoms with Gasteiger partial charge >= 0.3 is 0 Å². The molecule has 3 atom stereocenters. The fourth-order valence-corrected chi connectivity index (χ4v) is 12.3. The van der Waals surface area contributed by atoms with Crippen LogP contribution in [-0.2, 0) is 14.8 Å². The van der Waals surface area contributed by atoms with E-state index >= 15 is 0 Å². The summed E-state index contributed by atoms with van der Waals surface area (Å²) in [6.07, 6.45) is 7.65. The smallest absolute Gasteiger partial charge is 0.293 e. The van der Waals surface area contributed by atoms with Gasteiger partial charge in [-0.05, 0) is 123 Å². The molecule has 5 aromatic rings. The van der Waals surface area contributed by atoms with Crippen molar-refractivity contribution in [2.24, 2.45) is 23.0 Å². The molecule has 2 saturated heterocycles. The Labute approximate surface area is 414 Å². The molecule has 0 spiro atoms. The molecule has 2 aromatic heterocycles. The van der Waals surface area contributed by atoms with Gasteiger partial charge in [-0.3, -0.25) is 19.8 Å². The highest BCUT2D eigenvalue weighted by molar-refractivity contribution is 7.90. The van der Waals surface area contributed by atoms with Crippen LogP contribution in [0, 0.1) is 27.4 Å². The number of hydrogen-bond acceptors (Lipinski definition) is 13. The van der Waals surface area contributed by atoms with E-state index < -0.39 is 37.0 Å². The molecule has 370 valence electrons. The molecule has 2 aliphatic carbocycles. The van der Waals surface area contributed by atoms with Crippen molar-refractivity contribution in [3.63, 3.8) is 0 Å². The summed E-state index contributed by atoms with van der Waals surface area (Å²) < 4.78 is 42.7. The van der Waals surface area contributed by atoms with Crippen LogP contribution in [0.3, 0.4) is 0 Å². The fourth-order valence-electron chi connectivity index (χ4n) is 11.1. The van der Waals surface area contributed by atoms with Crippen LogP contribution in [0.5, 0.6) is 5.88 Å². The lowest BCUT2D eigenvalue weighted by atomic mass is 9.72. The van der Waals surface area contributed by atoms with Gasteiger partial charge in [0.15, 0.2) is 0 Å². The first-order chi connectivity index (χ1) is 33.5. The van der Waals surface area contributed by atoms with Gasteiger partial charge in [0.2, 0.25) is 5.88 Å². The summed E-state index contributed by atoms with van der Waals surface area (Å²) in [5.74, 6) is -0.286. The molecule has 18 heteroatoms. The number of H-pyrrole nitrogens is 1. The van der Waals surface area contributed by atoms with Gasteiger partial charge in [0.05, 0.1) is 21.1 Å². The Bertz CT molecular complexity index is 2940. The molecule has 70 heavy (non-hydrogen) atoms. The van der Waals surface area contributed by atoms with Crippen molar-refractivity contribution in [3.8, 4) is 5.88 Å². The number of nitrogens with zero attached hydrogens (tertiary/aromatic N) is 5. The number of nitro benzene ring substituents is 1. The Morgan fingerprint density at radius 2 is 1.76 bits per heavy atom. The Balaban J connectivity index is 0.962. The van der Waals surface area contributed by atoms with Crippen LogP contribution in [0.2, 0.25) is 5.02 Å². The summed E-state index contributed by atoms with van der Waals surface area (Å²) in [6.45, 7) is 12.8. The van der Waals surface area contributed by atoms with Crippen LogP contribution < -0.4 is 30.3 Å². The molecule has 0 bridgehead atoms. The van der Waals surface area contributed by atoms with Crippen molar-refractivity contribution in [3.05, 3.63) is 111 Å². The Hall–Kier alpha value is -5.72. The number of sulfonamides is 1. The maximum absolute atomic E-state index is 14.7. The maximum Gasteiger partial charge on any atom is 0.293 e. The number of anilines is 4. The third kappa shape index (κ3) is 10.2. The molecule has 5 N–H and O–H groups in total. The van der Waals surface area contributed by atoms with Crippen LogP contribution in [0.15, 0.2) is 89.5 Å². The monoisotopic (exact) mass is 991 g/mol. The Morgan fingerprint density at radius 1 is 0.986 bits per heavy atom. The third-order valence-electron chi connectivity index (χ3n) is 15.0. The Morgan fingerprint density at radius 3 is 2.51 bits per heavy atom. The largest absolute Gasteiger partial charge is 0.472 e. The molecule has 1 amide bonds. The SMILES string of the molecule is CC1(C)CCC(CN2CCN(c3ccc(C(=O)NS(=O)(=O)c4ccc(NCC5CCOCC5)c([N+](=O)[O-])c4)c(N4C[C@@H]5C[C@](C)(N)C[C@@H]5Oc5nc6[nH]ccc6cc54)c3)CC2)=C(c2ccc(Cl)cc2)C1. The summed E-state index contributed by atoms with van der Waals surface area (Å²) in [6, 6.07) is 21.3. The number of rotatable bonds is 12. The summed E-state index contributed by atoms with van der Waals surface area (Å²) in [7, 11) is -4.61. The van der Waals surface area contributed by atoms with Crippen molar-refractivity contribution in [2.45, 2.75) is 82.3 Å². The van der Waals surface area contributed by atoms with Crippen molar-refractivity contribution < 1.29 is 27.6 Å². The van der Waals surface area contributed by atoms with Crippen LogP contribution in [0.1, 0.15) is 81.6 Å². The average Bonchev–Trinajstić information content (AvgIpc) is 3.88. The number of pyridine rings is 1. The molecule has 5 heterocycles. The van der Waals surface area contributed by atoms with Crippen LogP contribution >= 0.6 is 11.6 Å². The summed E-state index contributed by atoms with van der Waals surface area (Å²) in [5.41, 5.74) is 13.1. The molecule has 16 nitrogen and oxygen atoms in total. The second kappa shape index (κ2) is 19.1. The third-order valence-corrected chi connectivity index (χ3v) is 16.6. The molecule has 3 aromatic carbocycles. The molecule has 3 fully saturated rings. The van der Waals surface area contributed by atoms with Crippen molar-refractivity contribution in [1.29, 1.82) is 0 Å². The lowest BCUT2D eigenvalue weighted by Crippen LogP contribution is -2.47. The number of hydrogen-bond donors (Lipinski definition) is 4. The van der Waals surface area contributed by atoms with Crippen molar-refractivity contribution in [1.82, 2.24) is 19.6 Å². The van der Waals surface area contributed by atoms with Crippen LogP contribution in [-0.4, -0.2) is 105 Å². The first-order valence-corrected chi connectivity index (χ1v) is 26.3. The molecular weight excluding hydrogens is 930 g/mol. The predicted molar refractivity (Wildman–Crippen MR) is 274 cm³/mol. The fraction of sp³-hybridized carbons (Fsp3) is 0.462. The molecular formula is C52H62ClN9O7S. The number of aromatic amines is 1. The zero-order valence-corrected chi connectivity index (χ0v) is 41.6. The zero-order valence-electron chi connectivity index (χ0n) is 40.0. The lowest BCUT2D eigenvalue weighted by molar-refractivity contribution is -0.384. The van der Waals surface area contributed by atoms with Gasteiger partial charge in [-0.25, -0.2) is 13.1 Å². The molecule has 0 radical (unpaired) electrons. The zero-order chi connectivity index (χ0) is 49.0. The Kier molecular flexibility index (Phi) is 13.1. The number of nitro groups is 1. The number of ether oxygens (including phenoxy) is 2. The van der Waals surface area contributed by atoms with Gasteiger partial charge in [-0.1, -0.05) is 43.2 Å². The molecule has 0 unspecified atom stereocenters. The lowest BCUT2D eigenvalue weighted by Gasteiger charge is -2.39. The van der Waals surface area contributed by atoms with E-state index in [9.17, 15) is 23.3 Å². The van der Waals surface area contributed by atoms with E-state index in [1.165, 1.54) is 28.8 Å². The minimum atomic E-state index is -4.61. The van der Waals surface area contributed by atoms with Gasteiger partial charge in [0, 0.05) is 105 Å². The van der Waals surface area contributed by atoms with E-state index in [1.54, 1.807) is 6.07 Å². The van der Waals surface area contributed by atoms with Gasteiger partial charge in [0.25, 0.3) is 21.6 Å². The van der Waals surface area contributed by atoms with Crippen LogP contribution in [0.25, 0.3) is 16.6 Å². The quantitative estimate of drug-likeness (QED) is 0.0683. The van der Waals surface area contributed by atoms with E-state index in [0.717, 1.165) is 87.0 Å². The van der Waals surface area contributed by atoms with Gasteiger partial charge < -0.3 is 35.3 Å². The number of carbonyl (C=O) groups is 1. The van der Waals surface area contributed by atoms with Crippen molar-refractivity contribution in [2.75, 3.05) is 74.1 Å².